The van der Waals surface area contributed by atoms with Gasteiger partial charge < -0.3 is 5.11 Å². The number of allylic oxidation sites excluding steroid dienone is 4. The lowest BCUT2D eigenvalue weighted by Crippen LogP contribution is -1.91. The Balaban J connectivity index is 3.09. The molecule has 0 aliphatic carbocycles. The van der Waals surface area contributed by atoms with Gasteiger partial charge in [0.1, 0.15) is 0 Å². The van der Waals surface area contributed by atoms with E-state index in [9.17, 15) is 4.79 Å². The first-order valence-corrected chi connectivity index (χ1v) is 8.29. The first kappa shape index (κ1) is 18.9. The second kappa shape index (κ2) is 16.0. The summed E-state index contributed by atoms with van der Waals surface area (Å²) in [5, 5.41) is 8.48. The highest BCUT2D eigenvalue weighted by Crippen LogP contribution is 2.10. The predicted molar refractivity (Wildman–Crippen MR) is 87.0 cm³/mol. The van der Waals surface area contributed by atoms with Crippen molar-refractivity contribution in [1.82, 2.24) is 0 Å². The van der Waals surface area contributed by atoms with E-state index < -0.39 is 5.97 Å². The maximum Gasteiger partial charge on any atom is 0.303 e. The molecule has 2 heteroatoms. The van der Waals surface area contributed by atoms with Crippen LogP contribution in [0.2, 0.25) is 0 Å². The second-order valence-corrected chi connectivity index (χ2v) is 5.34. The van der Waals surface area contributed by atoms with Crippen LogP contribution in [0, 0.1) is 0 Å². The first-order valence-electron chi connectivity index (χ1n) is 8.29. The van der Waals surface area contributed by atoms with Crippen LogP contribution in [0.4, 0.5) is 0 Å². The number of unbranched alkanes of at least 4 members (excludes halogenated alkanes) is 8. The molecule has 0 atom stereocenters. The Morgan fingerprint density at radius 1 is 0.750 bits per heavy atom. The summed E-state index contributed by atoms with van der Waals surface area (Å²) < 4.78 is 0. The van der Waals surface area contributed by atoms with E-state index in [1.54, 1.807) is 0 Å². The van der Waals surface area contributed by atoms with Crippen molar-refractivity contribution in [3.05, 3.63) is 24.3 Å². The van der Waals surface area contributed by atoms with Gasteiger partial charge >= 0.3 is 5.97 Å². The van der Waals surface area contributed by atoms with Gasteiger partial charge in [0.15, 0.2) is 0 Å². The highest BCUT2D eigenvalue weighted by Gasteiger charge is 1.92. The van der Waals surface area contributed by atoms with Crippen molar-refractivity contribution in [2.45, 2.75) is 84.0 Å². The lowest BCUT2D eigenvalue weighted by molar-refractivity contribution is -0.136. The van der Waals surface area contributed by atoms with Gasteiger partial charge in [0.05, 0.1) is 0 Å². The van der Waals surface area contributed by atoms with Crippen LogP contribution in [0.1, 0.15) is 84.0 Å². The SMILES string of the molecule is CC/C=C\CCCCCCCCC/C=C\CCC(=O)O. The third-order valence-corrected chi connectivity index (χ3v) is 3.34. The molecule has 0 aromatic heterocycles. The number of hydrogen-bond acceptors (Lipinski definition) is 1. The summed E-state index contributed by atoms with van der Waals surface area (Å²) in [5.74, 6) is -0.708. The molecule has 0 spiro atoms. The summed E-state index contributed by atoms with van der Waals surface area (Å²) in [6.07, 6.45) is 22.4. The molecule has 0 heterocycles. The molecule has 20 heavy (non-hydrogen) atoms. The number of hydrogen-bond donors (Lipinski definition) is 1. The molecule has 2 nitrogen and oxygen atoms in total. The van der Waals surface area contributed by atoms with Crippen molar-refractivity contribution in [3.63, 3.8) is 0 Å². The fourth-order valence-corrected chi connectivity index (χ4v) is 2.14. The summed E-state index contributed by atoms with van der Waals surface area (Å²) in [6, 6.07) is 0. The Bertz CT molecular complexity index is 267. The van der Waals surface area contributed by atoms with Crippen molar-refractivity contribution < 1.29 is 9.90 Å². The summed E-state index contributed by atoms with van der Waals surface area (Å²) in [7, 11) is 0. The third kappa shape index (κ3) is 16.9. The summed E-state index contributed by atoms with van der Waals surface area (Å²) in [6.45, 7) is 2.18. The molecule has 0 fully saturated rings. The zero-order valence-corrected chi connectivity index (χ0v) is 13.2. The van der Waals surface area contributed by atoms with Gasteiger partial charge in [-0.2, -0.15) is 0 Å². The van der Waals surface area contributed by atoms with Gasteiger partial charge in [-0.1, -0.05) is 63.3 Å². The minimum Gasteiger partial charge on any atom is -0.481 e. The lowest BCUT2D eigenvalue weighted by Gasteiger charge is -2.00. The first-order chi connectivity index (χ1) is 9.77. The smallest absolute Gasteiger partial charge is 0.303 e. The van der Waals surface area contributed by atoms with Crippen LogP contribution in [0.5, 0.6) is 0 Å². The Morgan fingerprint density at radius 3 is 1.70 bits per heavy atom. The lowest BCUT2D eigenvalue weighted by atomic mass is 10.1. The molecule has 0 rings (SSSR count). The molecule has 0 aliphatic rings. The van der Waals surface area contributed by atoms with E-state index in [-0.39, 0.29) is 6.42 Å². The maximum absolute atomic E-state index is 10.3. The van der Waals surface area contributed by atoms with Crippen molar-refractivity contribution >= 4 is 5.97 Å². The standard InChI is InChI=1S/C18H32O2/c1-2-3-4-5-6-7-8-9-10-11-12-13-14-15-16-17-18(19)20/h3-4,14-15H,2,5-13,16-17H2,1H3,(H,19,20)/b4-3-,15-14-. The Labute approximate surface area is 125 Å². The molecule has 0 saturated heterocycles. The average Bonchev–Trinajstić information content (AvgIpc) is 2.43. The fraction of sp³-hybridized carbons (Fsp3) is 0.722. The maximum atomic E-state index is 10.3. The van der Waals surface area contributed by atoms with E-state index in [1.807, 2.05) is 6.08 Å². The van der Waals surface area contributed by atoms with E-state index >= 15 is 0 Å². The zero-order chi connectivity index (χ0) is 14.9. The molecule has 0 bridgehead atoms. The highest BCUT2D eigenvalue weighted by atomic mass is 16.4. The van der Waals surface area contributed by atoms with Crippen LogP contribution in [0.3, 0.4) is 0 Å². The second-order valence-electron chi connectivity index (χ2n) is 5.34. The Kier molecular flexibility index (Phi) is 15.2. The fourth-order valence-electron chi connectivity index (χ4n) is 2.14. The molecule has 0 unspecified atom stereocenters. The monoisotopic (exact) mass is 280 g/mol. The van der Waals surface area contributed by atoms with Crippen LogP contribution >= 0.6 is 0 Å². The zero-order valence-electron chi connectivity index (χ0n) is 13.2. The van der Waals surface area contributed by atoms with Gasteiger partial charge in [-0.15, -0.1) is 0 Å². The number of rotatable bonds is 14. The van der Waals surface area contributed by atoms with Crippen LogP contribution < -0.4 is 0 Å². The number of carboxylic acid groups (broad SMARTS) is 1. The number of aliphatic carboxylic acids is 1. The van der Waals surface area contributed by atoms with Crippen LogP contribution in [0.15, 0.2) is 24.3 Å². The molecule has 116 valence electrons. The molecule has 0 saturated carbocycles. The highest BCUT2D eigenvalue weighted by molar-refractivity contribution is 5.66. The van der Waals surface area contributed by atoms with Crippen molar-refractivity contribution in [1.29, 1.82) is 0 Å². The van der Waals surface area contributed by atoms with Gasteiger partial charge in [-0.25, -0.2) is 0 Å². The van der Waals surface area contributed by atoms with Crippen molar-refractivity contribution in [2.75, 3.05) is 0 Å². The van der Waals surface area contributed by atoms with Gasteiger partial charge in [-0.05, 0) is 38.5 Å². The van der Waals surface area contributed by atoms with Gasteiger partial charge in [0, 0.05) is 6.42 Å². The topological polar surface area (TPSA) is 37.3 Å². The molecule has 1 N–H and O–H groups in total. The van der Waals surface area contributed by atoms with E-state index in [4.69, 9.17) is 5.11 Å². The third-order valence-electron chi connectivity index (χ3n) is 3.34. The molecular formula is C18H32O2. The molecule has 0 radical (unpaired) electrons. The van der Waals surface area contributed by atoms with Crippen LogP contribution in [0.25, 0.3) is 0 Å². The van der Waals surface area contributed by atoms with Gasteiger partial charge in [0.25, 0.3) is 0 Å². The Morgan fingerprint density at radius 2 is 1.20 bits per heavy atom. The number of carboxylic acids is 1. The van der Waals surface area contributed by atoms with Gasteiger partial charge in [0.2, 0.25) is 0 Å². The molecule has 0 aromatic carbocycles. The predicted octanol–water partition coefficient (Wildman–Crippen LogP) is 5.88. The van der Waals surface area contributed by atoms with Gasteiger partial charge in [-0.3, -0.25) is 4.79 Å². The van der Waals surface area contributed by atoms with Crippen molar-refractivity contribution in [2.24, 2.45) is 0 Å². The molecular weight excluding hydrogens is 248 g/mol. The molecule has 0 aliphatic heterocycles. The quantitative estimate of drug-likeness (QED) is 0.318. The Hall–Kier alpha value is -1.05. The van der Waals surface area contributed by atoms with Crippen LogP contribution in [-0.4, -0.2) is 11.1 Å². The minimum atomic E-state index is -0.708. The van der Waals surface area contributed by atoms with Crippen LogP contribution in [-0.2, 0) is 4.79 Å². The largest absolute Gasteiger partial charge is 0.481 e. The van der Waals surface area contributed by atoms with E-state index in [0.29, 0.717) is 6.42 Å². The molecule has 0 amide bonds. The summed E-state index contributed by atoms with van der Waals surface area (Å²) in [4.78, 5) is 10.3. The minimum absolute atomic E-state index is 0.254. The normalized spacial score (nSPS) is 11.7. The molecule has 0 aromatic rings. The van der Waals surface area contributed by atoms with Crippen molar-refractivity contribution in [3.8, 4) is 0 Å². The van der Waals surface area contributed by atoms with E-state index in [0.717, 1.165) is 12.8 Å². The number of carbonyl (C=O) groups is 1. The average molecular weight is 280 g/mol. The summed E-state index contributed by atoms with van der Waals surface area (Å²) in [5.41, 5.74) is 0. The van der Waals surface area contributed by atoms with E-state index in [2.05, 4.69) is 25.2 Å². The van der Waals surface area contributed by atoms with E-state index in [1.165, 1.54) is 51.4 Å². The summed E-state index contributed by atoms with van der Waals surface area (Å²) >= 11 is 0.